The van der Waals surface area contributed by atoms with E-state index >= 15 is 0 Å². The van der Waals surface area contributed by atoms with Gasteiger partial charge in [-0.1, -0.05) is 18.2 Å². The number of aliphatic hydroxyl groups excluding tert-OH is 1. The Morgan fingerprint density at radius 2 is 2.15 bits per heavy atom. The number of nitrogens with zero attached hydrogens (tertiary/aromatic N) is 3. The molecule has 0 bridgehead atoms. The van der Waals surface area contributed by atoms with Crippen molar-refractivity contribution in [3.8, 4) is 0 Å². The molecule has 1 aromatic carbocycles. The maximum atomic E-state index is 13.5. The molecule has 2 N–H and O–H groups in total. The van der Waals surface area contributed by atoms with Crippen LogP contribution >= 0.6 is 22.7 Å². The molecule has 2 unspecified atom stereocenters. The Labute approximate surface area is 209 Å². The summed E-state index contributed by atoms with van der Waals surface area (Å²) in [5.74, 6) is 0. The largest absolute Gasteiger partial charge is 0.392 e. The van der Waals surface area contributed by atoms with Gasteiger partial charge in [0.05, 0.1) is 23.5 Å². The summed E-state index contributed by atoms with van der Waals surface area (Å²) in [5, 5.41) is 16.3. The molecule has 1 fully saturated rings. The molecule has 7 nitrogen and oxygen atoms in total. The number of para-hydroxylation sites is 1. The molecule has 5 rings (SSSR count). The second kappa shape index (κ2) is 9.58. The van der Waals surface area contributed by atoms with E-state index in [4.69, 9.17) is 4.98 Å². The Morgan fingerprint density at radius 1 is 1.29 bits per heavy atom. The number of hydrogen-bond donors (Lipinski definition) is 2. The third kappa shape index (κ3) is 4.61. The monoisotopic (exact) mass is 518 g/mol. The smallest absolute Gasteiger partial charge is 0.274 e. The first kappa shape index (κ1) is 23.7. The fraction of sp³-hybridized carbons (Fsp3) is 0.458. The Kier molecular flexibility index (Phi) is 6.69. The summed E-state index contributed by atoms with van der Waals surface area (Å²) in [4.78, 5) is 8.18. The van der Waals surface area contributed by atoms with Crippen LogP contribution in [-0.4, -0.2) is 48.6 Å². The van der Waals surface area contributed by atoms with Crippen LogP contribution in [0.1, 0.15) is 48.2 Å². The van der Waals surface area contributed by atoms with Gasteiger partial charge in [-0.2, -0.15) is 0 Å². The van der Waals surface area contributed by atoms with Gasteiger partial charge in [-0.05, 0) is 56.3 Å². The van der Waals surface area contributed by atoms with E-state index in [1.807, 2.05) is 32.2 Å². The maximum absolute atomic E-state index is 13.5. The molecule has 3 aromatic rings. The molecule has 0 aliphatic carbocycles. The van der Waals surface area contributed by atoms with Crippen molar-refractivity contribution < 1.29 is 13.5 Å². The van der Waals surface area contributed by atoms with Crippen molar-refractivity contribution in [1.29, 1.82) is 0 Å². The van der Waals surface area contributed by atoms with Crippen LogP contribution in [0.3, 0.4) is 0 Å². The molecule has 1 saturated heterocycles. The number of likely N-dealkylation sites (tertiary alicyclic amines) is 1. The van der Waals surface area contributed by atoms with Gasteiger partial charge in [-0.3, -0.25) is 9.21 Å². The number of fused-ring (bicyclic) bond motifs is 1. The van der Waals surface area contributed by atoms with Gasteiger partial charge >= 0.3 is 0 Å². The van der Waals surface area contributed by atoms with Crippen molar-refractivity contribution in [3.63, 3.8) is 0 Å². The third-order valence-corrected chi connectivity index (χ3v) is 10.8. The minimum atomic E-state index is -3.66. The van der Waals surface area contributed by atoms with Gasteiger partial charge in [-0.15, -0.1) is 22.7 Å². The average Bonchev–Trinajstić information content (AvgIpc) is 3.54. The molecule has 4 heterocycles. The first-order chi connectivity index (χ1) is 16.3. The lowest BCUT2D eigenvalue weighted by atomic mass is 10.1. The number of sulfonamides is 1. The van der Waals surface area contributed by atoms with Crippen LogP contribution in [0, 0.1) is 0 Å². The van der Waals surface area contributed by atoms with Crippen LogP contribution in [-0.2, 0) is 23.0 Å². The van der Waals surface area contributed by atoms with E-state index < -0.39 is 10.0 Å². The summed E-state index contributed by atoms with van der Waals surface area (Å²) in [6.07, 6.45) is 4.38. The van der Waals surface area contributed by atoms with Crippen molar-refractivity contribution in [1.82, 2.24) is 9.88 Å². The minimum absolute atomic E-state index is 0.0142. The molecule has 2 atom stereocenters. The zero-order valence-corrected chi connectivity index (χ0v) is 21.8. The molecule has 0 saturated carbocycles. The number of piperidine rings is 1. The Morgan fingerprint density at radius 3 is 2.88 bits per heavy atom. The molecule has 0 spiro atoms. The average molecular weight is 519 g/mol. The Balaban J connectivity index is 1.38. The summed E-state index contributed by atoms with van der Waals surface area (Å²) in [7, 11) is -3.66. The van der Waals surface area contributed by atoms with Crippen LogP contribution in [0.25, 0.3) is 0 Å². The topological polar surface area (TPSA) is 85.8 Å². The molecule has 2 aliphatic heterocycles. The fourth-order valence-electron chi connectivity index (χ4n) is 4.85. The van der Waals surface area contributed by atoms with Crippen molar-refractivity contribution >= 4 is 44.1 Å². The van der Waals surface area contributed by atoms with E-state index in [2.05, 4.69) is 16.3 Å². The fourth-order valence-corrected chi connectivity index (χ4v) is 8.61. The zero-order chi connectivity index (χ0) is 23.9. The van der Waals surface area contributed by atoms with Crippen LogP contribution in [0.2, 0.25) is 0 Å². The second-order valence-corrected chi connectivity index (χ2v) is 13.4. The second-order valence-electron chi connectivity index (χ2n) is 9.23. The zero-order valence-electron chi connectivity index (χ0n) is 19.3. The number of aliphatic hydroxyl groups is 1. The van der Waals surface area contributed by atoms with E-state index in [1.54, 1.807) is 28.8 Å². The molecule has 0 amide bonds. The van der Waals surface area contributed by atoms with E-state index in [9.17, 15) is 13.5 Å². The number of thiazole rings is 1. The van der Waals surface area contributed by atoms with Gasteiger partial charge in [0.25, 0.3) is 10.0 Å². The molecule has 182 valence electrons. The van der Waals surface area contributed by atoms with Crippen LogP contribution in [0.15, 0.2) is 46.1 Å². The number of anilines is 2. The van der Waals surface area contributed by atoms with Gasteiger partial charge in [0.1, 0.15) is 9.22 Å². The summed E-state index contributed by atoms with van der Waals surface area (Å²) in [6.45, 7) is 6.33. The van der Waals surface area contributed by atoms with Gasteiger partial charge in [-0.25, -0.2) is 13.4 Å². The van der Waals surface area contributed by atoms with E-state index in [1.165, 1.54) is 20.5 Å². The number of thiophene rings is 1. The van der Waals surface area contributed by atoms with E-state index in [-0.39, 0.29) is 18.2 Å². The molecule has 0 radical (unpaired) electrons. The normalized spacial score (nSPS) is 20.9. The van der Waals surface area contributed by atoms with E-state index in [0.29, 0.717) is 16.4 Å². The van der Waals surface area contributed by atoms with Crippen molar-refractivity contribution in [2.24, 2.45) is 0 Å². The summed E-state index contributed by atoms with van der Waals surface area (Å²) < 4.78 is 28.8. The first-order valence-corrected chi connectivity index (χ1v) is 14.8. The Bertz CT molecular complexity index is 1240. The third-order valence-electron chi connectivity index (χ3n) is 6.32. The molecule has 2 aromatic heterocycles. The van der Waals surface area contributed by atoms with Crippen molar-refractivity contribution in [3.05, 3.63) is 57.4 Å². The predicted molar refractivity (Wildman–Crippen MR) is 138 cm³/mol. The number of aromatic nitrogens is 1. The lowest BCUT2D eigenvalue weighted by Crippen LogP contribution is -2.37. The number of hydrogen-bond acceptors (Lipinski definition) is 8. The van der Waals surface area contributed by atoms with Gasteiger partial charge in [0, 0.05) is 36.6 Å². The predicted octanol–water partition coefficient (Wildman–Crippen LogP) is 4.47. The highest BCUT2D eigenvalue weighted by Crippen LogP contribution is 2.43. The summed E-state index contributed by atoms with van der Waals surface area (Å²) >= 11 is 2.93. The highest BCUT2D eigenvalue weighted by molar-refractivity contribution is 7.94. The number of rotatable bonds is 7. The van der Waals surface area contributed by atoms with Crippen LogP contribution in [0.5, 0.6) is 0 Å². The number of β-amino-alcohol motifs (C(OH)–C–C–N with tert-alkyl or cyclic N) is 1. The number of nitrogens with one attached hydrogen (secondary N) is 1. The van der Waals surface area contributed by atoms with Crippen molar-refractivity contribution in [2.75, 3.05) is 22.7 Å². The van der Waals surface area contributed by atoms with E-state index in [0.717, 1.165) is 48.6 Å². The number of benzene rings is 1. The molecular formula is C24H30N4O3S3. The van der Waals surface area contributed by atoms with Gasteiger partial charge < -0.3 is 10.4 Å². The molecule has 34 heavy (non-hydrogen) atoms. The summed E-state index contributed by atoms with van der Waals surface area (Å²) in [6, 6.07) is 9.09. The molecular weight excluding hydrogens is 488 g/mol. The van der Waals surface area contributed by atoms with Crippen molar-refractivity contribution in [2.45, 2.75) is 62.1 Å². The lowest BCUT2D eigenvalue weighted by molar-refractivity contribution is 0.0673. The van der Waals surface area contributed by atoms with Crippen LogP contribution in [0.4, 0.5) is 11.4 Å². The Hall–Kier alpha value is -1.98. The molecule has 2 aliphatic rings. The van der Waals surface area contributed by atoms with Gasteiger partial charge in [0.2, 0.25) is 0 Å². The first-order valence-electron chi connectivity index (χ1n) is 11.6. The maximum Gasteiger partial charge on any atom is 0.274 e. The minimum Gasteiger partial charge on any atom is -0.392 e. The standard InChI is InChI=1S/C24H30N4O3S3/c1-16(2)28(34(30,31)22-9-5-11-32-22)21-8-3-6-17-12-20(26-23(17)21)24-25-13-19(33-24)15-27-10-4-7-18(29)14-27/h3,5-6,8-9,11,13,16,18,20,26,29H,4,7,10,12,14-15H2,1-2H3. The van der Waals surface area contributed by atoms with Gasteiger partial charge in [0.15, 0.2) is 0 Å². The quantitative estimate of drug-likeness (QED) is 0.480. The highest BCUT2D eigenvalue weighted by Gasteiger charge is 2.34. The molecule has 10 heteroatoms. The van der Waals surface area contributed by atoms with Crippen LogP contribution < -0.4 is 9.62 Å². The highest BCUT2D eigenvalue weighted by atomic mass is 32.2. The lowest BCUT2D eigenvalue weighted by Gasteiger charge is -2.29. The summed E-state index contributed by atoms with van der Waals surface area (Å²) in [5.41, 5.74) is 2.66. The SMILES string of the molecule is CC(C)N(c1cccc2c1NC(c1ncc(CN3CCCC(O)C3)s1)C2)S(=O)(=O)c1cccs1.